The van der Waals surface area contributed by atoms with Crippen molar-refractivity contribution in [2.45, 2.75) is 52.6 Å². The zero-order chi connectivity index (χ0) is 16.4. The van der Waals surface area contributed by atoms with Crippen LogP contribution in [-0.2, 0) is 4.74 Å². The average molecular weight is 311 g/mol. The van der Waals surface area contributed by atoms with Crippen LogP contribution < -0.4 is 11.1 Å². The van der Waals surface area contributed by atoms with Gasteiger partial charge >= 0.3 is 6.09 Å². The third kappa shape index (κ3) is 4.13. The molecule has 5 heteroatoms. The van der Waals surface area contributed by atoms with E-state index in [1.165, 1.54) is 19.3 Å². The summed E-state index contributed by atoms with van der Waals surface area (Å²) in [6.45, 7) is 12.6. The number of carbonyl (C=O) groups is 1. The van der Waals surface area contributed by atoms with E-state index < -0.39 is 5.60 Å². The molecule has 1 saturated heterocycles. The maximum Gasteiger partial charge on any atom is 0.407 e. The predicted octanol–water partition coefficient (Wildman–Crippen LogP) is 2.21. The van der Waals surface area contributed by atoms with Crippen molar-refractivity contribution in [3.8, 4) is 0 Å². The molecule has 1 heterocycles. The van der Waals surface area contributed by atoms with Crippen LogP contribution in [0.3, 0.4) is 0 Å². The SMILES string of the molecule is CCC1CN(CCN)CC(CNC(=O)OC(C)(C)C)C12CC2. The molecule has 0 bridgehead atoms. The van der Waals surface area contributed by atoms with Crippen LogP contribution in [0.15, 0.2) is 0 Å². The van der Waals surface area contributed by atoms with Gasteiger partial charge in [0.2, 0.25) is 0 Å². The Bertz CT molecular complexity index is 388. The molecule has 128 valence electrons. The van der Waals surface area contributed by atoms with Gasteiger partial charge in [0.15, 0.2) is 0 Å². The molecule has 1 amide bonds. The molecule has 0 aromatic rings. The molecule has 22 heavy (non-hydrogen) atoms. The Morgan fingerprint density at radius 2 is 1.95 bits per heavy atom. The first kappa shape index (κ1) is 17.5. The van der Waals surface area contributed by atoms with E-state index in [-0.39, 0.29) is 6.09 Å². The summed E-state index contributed by atoms with van der Waals surface area (Å²) in [6, 6.07) is 0. The number of rotatable bonds is 5. The van der Waals surface area contributed by atoms with E-state index >= 15 is 0 Å². The number of nitrogens with zero attached hydrogens (tertiary/aromatic N) is 1. The van der Waals surface area contributed by atoms with E-state index in [4.69, 9.17) is 10.5 Å². The predicted molar refractivity (Wildman–Crippen MR) is 88.7 cm³/mol. The van der Waals surface area contributed by atoms with Gasteiger partial charge in [0, 0.05) is 32.7 Å². The summed E-state index contributed by atoms with van der Waals surface area (Å²) >= 11 is 0. The van der Waals surface area contributed by atoms with Crippen LogP contribution >= 0.6 is 0 Å². The van der Waals surface area contributed by atoms with Gasteiger partial charge in [-0.1, -0.05) is 13.3 Å². The molecule has 2 rings (SSSR count). The third-order valence-electron chi connectivity index (χ3n) is 5.24. The number of likely N-dealkylation sites (tertiary alicyclic amines) is 1. The van der Waals surface area contributed by atoms with Gasteiger partial charge in [-0.15, -0.1) is 0 Å². The number of alkyl carbamates (subject to hydrolysis) is 1. The van der Waals surface area contributed by atoms with Crippen LogP contribution in [0, 0.1) is 17.3 Å². The van der Waals surface area contributed by atoms with Gasteiger partial charge in [0.05, 0.1) is 0 Å². The summed E-state index contributed by atoms with van der Waals surface area (Å²) in [5, 5.41) is 2.99. The summed E-state index contributed by atoms with van der Waals surface area (Å²) < 4.78 is 5.36. The lowest BCUT2D eigenvalue weighted by molar-refractivity contribution is 0.0318. The van der Waals surface area contributed by atoms with Crippen LogP contribution in [0.4, 0.5) is 4.79 Å². The lowest BCUT2D eigenvalue weighted by atomic mass is 9.73. The molecule has 1 aliphatic heterocycles. The Kier molecular flexibility index (Phi) is 5.38. The van der Waals surface area contributed by atoms with Crippen molar-refractivity contribution in [3.63, 3.8) is 0 Å². The molecule has 2 atom stereocenters. The van der Waals surface area contributed by atoms with E-state index in [0.717, 1.165) is 25.6 Å². The second-order valence-electron chi connectivity index (χ2n) is 7.97. The van der Waals surface area contributed by atoms with Gasteiger partial charge in [-0.05, 0) is 50.9 Å². The maximum atomic E-state index is 11.9. The minimum Gasteiger partial charge on any atom is -0.444 e. The molecule has 2 aliphatic rings. The van der Waals surface area contributed by atoms with Gasteiger partial charge in [-0.25, -0.2) is 4.79 Å². The van der Waals surface area contributed by atoms with Crippen molar-refractivity contribution < 1.29 is 9.53 Å². The molecule has 2 unspecified atom stereocenters. The first-order valence-corrected chi connectivity index (χ1v) is 8.70. The van der Waals surface area contributed by atoms with E-state index in [1.54, 1.807) is 0 Å². The molecule has 3 N–H and O–H groups in total. The summed E-state index contributed by atoms with van der Waals surface area (Å²) in [5.74, 6) is 1.25. The van der Waals surface area contributed by atoms with Crippen molar-refractivity contribution >= 4 is 6.09 Å². The van der Waals surface area contributed by atoms with Crippen molar-refractivity contribution in [1.29, 1.82) is 0 Å². The van der Waals surface area contributed by atoms with E-state index in [0.29, 0.717) is 24.4 Å². The Morgan fingerprint density at radius 1 is 1.32 bits per heavy atom. The highest BCUT2D eigenvalue weighted by Gasteiger charge is 2.56. The lowest BCUT2D eigenvalue weighted by Crippen LogP contribution is -2.52. The monoisotopic (exact) mass is 311 g/mol. The maximum absolute atomic E-state index is 11.9. The molecular formula is C17H33N3O2. The van der Waals surface area contributed by atoms with Crippen molar-refractivity contribution in [2.24, 2.45) is 23.0 Å². The highest BCUT2D eigenvalue weighted by molar-refractivity contribution is 5.67. The molecule has 0 aromatic carbocycles. The normalized spacial score (nSPS) is 27.7. The fraction of sp³-hybridized carbons (Fsp3) is 0.941. The Labute approximate surface area is 134 Å². The minimum atomic E-state index is -0.439. The van der Waals surface area contributed by atoms with Gasteiger partial charge in [0.1, 0.15) is 5.60 Å². The average Bonchev–Trinajstić information content (AvgIpc) is 3.19. The topological polar surface area (TPSA) is 67.6 Å². The number of amides is 1. The summed E-state index contributed by atoms with van der Waals surface area (Å²) in [6.07, 6.45) is 3.53. The lowest BCUT2D eigenvalue weighted by Gasteiger charge is -2.44. The van der Waals surface area contributed by atoms with Crippen LogP contribution in [-0.4, -0.2) is 49.3 Å². The highest BCUT2D eigenvalue weighted by atomic mass is 16.6. The van der Waals surface area contributed by atoms with Gasteiger partial charge in [-0.2, -0.15) is 0 Å². The molecule has 2 fully saturated rings. The van der Waals surface area contributed by atoms with Crippen LogP contribution in [0.1, 0.15) is 47.0 Å². The number of hydrogen-bond donors (Lipinski definition) is 2. The van der Waals surface area contributed by atoms with Gasteiger partial charge < -0.3 is 20.7 Å². The van der Waals surface area contributed by atoms with Gasteiger partial charge in [-0.3, -0.25) is 0 Å². The first-order valence-electron chi connectivity index (χ1n) is 8.70. The number of nitrogens with two attached hydrogens (primary N) is 1. The highest BCUT2D eigenvalue weighted by Crippen LogP contribution is 2.60. The largest absolute Gasteiger partial charge is 0.444 e. The van der Waals surface area contributed by atoms with Crippen LogP contribution in [0.5, 0.6) is 0 Å². The number of piperidine rings is 1. The Balaban J connectivity index is 1.93. The molecule has 1 spiro atoms. The number of ether oxygens (including phenoxy) is 1. The van der Waals surface area contributed by atoms with Crippen LogP contribution in [0.2, 0.25) is 0 Å². The second kappa shape index (κ2) is 6.75. The number of hydrogen-bond acceptors (Lipinski definition) is 4. The number of nitrogens with one attached hydrogen (secondary N) is 1. The Hall–Kier alpha value is -0.810. The van der Waals surface area contributed by atoms with Crippen LogP contribution in [0.25, 0.3) is 0 Å². The minimum absolute atomic E-state index is 0.299. The standard InChI is InChI=1S/C17H33N3O2/c1-5-13-11-20(9-8-18)12-14(17(13)6-7-17)10-19-15(21)22-16(2,3)4/h13-14H,5-12,18H2,1-4H3,(H,19,21). The molecule has 5 nitrogen and oxygen atoms in total. The third-order valence-corrected chi connectivity index (χ3v) is 5.24. The molecular weight excluding hydrogens is 278 g/mol. The molecule has 0 radical (unpaired) electrons. The zero-order valence-electron chi connectivity index (χ0n) is 14.7. The van der Waals surface area contributed by atoms with Crippen molar-refractivity contribution in [2.75, 3.05) is 32.7 Å². The van der Waals surface area contributed by atoms with E-state index in [9.17, 15) is 4.79 Å². The summed E-state index contributed by atoms with van der Waals surface area (Å²) in [5.41, 5.74) is 5.75. The summed E-state index contributed by atoms with van der Waals surface area (Å²) in [7, 11) is 0. The smallest absolute Gasteiger partial charge is 0.407 e. The summed E-state index contributed by atoms with van der Waals surface area (Å²) in [4.78, 5) is 14.4. The zero-order valence-corrected chi connectivity index (χ0v) is 14.7. The number of carbonyl (C=O) groups excluding carboxylic acids is 1. The van der Waals surface area contributed by atoms with E-state index in [1.807, 2.05) is 20.8 Å². The molecule has 1 aliphatic carbocycles. The fourth-order valence-corrected chi connectivity index (χ4v) is 4.04. The fourth-order valence-electron chi connectivity index (χ4n) is 4.04. The quantitative estimate of drug-likeness (QED) is 0.817. The first-order chi connectivity index (χ1) is 10.3. The van der Waals surface area contributed by atoms with Gasteiger partial charge in [0.25, 0.3) is 0 Å². The van der Waals surface area contributed by atoms with Crippen molar-refractivity contribution in [3.05, 3.63) is 0 Å². The van der Waals surface area contributed by atoms with E-state index in [2.05, 4.69) is 17.1 Å². The Morgan fingerprint density at radius 3 is 2.45 bits per heavy atom. The van der Waals surface area contributed by atoms with Crippen molar-refractivity contribution in [1.82, 2.24) is 10.2 Å². The molecule has 1 saturated carbocycles. The molecule has 0 aromatic heterocycles. The second-order valence-corrected chi connectivity index (χ2v) is 7.97.